The SMILES string of the molecule is COC(OC)=C(OC)c1ccccc1C=Cc1ccccc1. The minimum atomic E-state index is 0.350. The molecule has 0 amide bonds. The van der Waals surface area contributed by atoms with Crippen molar-refractivity contribution in [3.63, 3.8) is 0 Å². The van der Waals surface area contributed by atoms with Gasteiger partial charge in [-0.2, -0.15) is 0 Å². The van der Waals surface area contributed by atoms with Crippen LogP contribution in [0.2, 0.25) is 0 Å². The molecule has 0 radical (unpaired) electrons. The number of benzene rings is 2. The first-order valence-electron chi connectivity index (χ1n) is 6.99. The first kappa shape index (κ1) is 15.7. The minimum Gasteiger partial charge on any atom is -0.490 e. The van der Waals surface area contributed by atoms with Crippen LogP contribution in [0.5, 0.6) is 0 Å². The van der Waals surface area contributed by atoms with E-state index in [-0.39, 0.29) is 0 Å². The Hall–Kier alpha value is -2.68. The third-order valence-corrected chi connectivity index (χ3v) is 3.22. The highest BCUT2D eigenvalue weighted by molar-refractivity contribution is 5.77. The largest absolute Gasteiger partial charge is 0.490 e. The van der Waals surface area contributed by atoms with E-state index >= 15 is 0 Å². The lowest BCUT2D eigenvalue weighted by molar-refractivity contribution is 0.0871. The van der Waals surface area contributed by atoms with Crippen molar-refractivity contribution >= 4 is 17.9 Å². The van der Waals surface area contributed by atoms with E-state index in [2.05, 4.69) is 18.2 Å². The number of rotatable bonds is 6. The lowest BCUT2D eigenvalue weighted by Crippen LogP contribution is -2.00. The summed E-state index contributed by atoms with van der Waals surface area (Å²) >= 11 is 0. The van der Waals surface area contributed by atoms with Gasteiger partial charge in [-0.25, -0.2) is 0 Å². The van der Waals surface area contributed by atoms with Gasteiger partial charge in [0.05, 0.1) is 21.3 Å². The van der Waals surface area contributed by atoms with Crippen LogP contribution in [-0.2, 0) is 14.2 Å². The van der Waals surface area contributed by atoms with Gasteiger partial charge in [0.15, 0.2) is 0 Å². The summed E-state index contributed by atoms with van der Waals surface area (Å²) in [6.45, 7) is 0. The summed E-state index contributed by atoms with van der Waals surface area (Å²) in [7, 11) is 4.71. The van der Waals surface area contributed by atoms with Crippen molar-refractivity contribution in [1.29, 1.82) is 0 Å². The second-order valence-corrected chi connectivity index (χ2v) is 4.56. The molecule has 2 rings (SSSR count). The molecule has 0 bridgehead atoms. The maximum absolute atomic E-state index is 5.47. The van der Waals surface area contributed by atoms with Crippen molar-refractivity contribution < 1.29 is 14.2 Å². The zero-order chi connectivity index (χ0) is 15.8. The highest BCUT2D eigenvalue weighted by Gasteiger charge is 2.14. The molecule has 0 N–H and O–H groups in total. The van der Waals surface area contributed by atoms with Crippen LogP contribution < -0.4 is 0 Å². The molecule has 114 valence electrons. The molecule has 0 atom stereocenters. The Balaban J connectivity index is 2.42. The van der Waals surface area contributed by atoms with Gasteiger partial charge in [-0.1, -0.05) is 66.7 Å². The first-order chi connectivity index (χ1) is 10.8. The Morgan fingerprint density at radius 2 is 1.36 bits per heavy atom. The summed E-state index contributed by atoms with van der Waals surface area (Å²) < 4.78 is 15.9. The molecule has 2 aromatic carbocycles. The second kappa shape index (κ2) is 7.93. The number of hydrogen-bond acceptors (Lipinski definition) is 3. The topological polar surface area (TPSA) is 27.7 Å². The third kappa shape index (κ3) is 3.70. The van der Waals surface area contributed by atoms with E-state index in [1.54, 1.807) is 21.3 Å². The quantitative estimate of drug-likeness (QED) is 0.583. The average molecular weight is 296 g/mol. The van der Waals surface area contributed by atoms with Crippen LogP contribution in [0.15, 0.2) is 60.5 Å². The molecule has 22 heavy (non-hydrogen) atoms. The monoisotopic (exact) mass is 296 g/mol. The Bertz CT molecular complexity index is 651. The van der Waals surface area contributed by atoms with Crippen LogP contribution in [0.1, 0.15) is 16.7 Å². The van der Waals surface area contributed by atoms with Gasteiger partial charge in [-0.15, -0.1) is 0 Å². The Labute approximate surface area is 131 Å². The van der Waals surface area contributed by atoms with Gasteiger partial charge in [0.1, 0.15) is 0 Å². The maximum Gasteiger partial charge on any atom is 0.323 e. The van der Waals surface area contributed by atoms with Crippen molar-refractivity contribution in [1.82, 2.24) is 0 Å². The van der Waals surface area contributed by atoms with E-state index in [4.69, 9.17) is 14.2 Å². The normalized spacial score (nSPS) is 10.3. The highest BCUT2D eigenvalue weighted by atomic mass is 16.7. The summed E-state index contributed by atoms with van der Waals surface area (Å²) in [4.78, 5) is 0. The van der Waals surface area contributed by atoms with Gasteiger partial charge in [-0.05, 0) is 11.1 Å². The molecule has 2 aromatic rings. The Kier molecular flexibility index (Phi) is 5.66. The molecule has 0 aromatic heterocycles. The molecule has 0 aliphatic carbocycles. The lowest BCUT2D eigenvalue weighted by Gasteiger charge is -2.13. The van der Waals surface area contributed by atoms with Gasteiger partial charge in [0.2, 0.25) is 5.76 Å². The fourth-order valence-electron chi connectivity index (χ4n) is 2.17. The average Bonchev–Trinajstić information content (AvgIpc) is 2.59. The Morgan fingerprint density at radius 1 is 0.727 bits per heavy atom. The summed E-state index contributed by atoms with van der Waals surface area (Å²) in [6, 6.07) is 18.1. The molecule has 0 unspecified atom stereocenters. The summed E-state index contributed by atoms with van der Waals surface area (Å²) in [6.07, 6.45) is 4.11. The van der Waals surface area contributed by atoms with Crippen LogP contribution in [0.25, 0.3) is 17.9 Å². The summed E-state index contributed by atoms with van der Waals surface area (Å²) in [5, 5.41) is 0. The van der Waals surface area contributed by atoms with Crippen molar-refractivity contribution in [2.45, 2.75) is 0 Å². The summed E-state index contributed by atoms with van der Waals surface area (Å²) in [5.41, 5.74) is 3.07. The number of ether oxygens (including phenoxy) is 3. The minimum absolute atomic E-state index is 0.350. The molecule has 0 spiro atoms. The van der Waals surface area contributed by atoms with E-state index in [0.29, 0.717) is 11.7 Å². The van der Waals surface area contributed by atoms with E-state index < -0.39 is 0 Å². The molecule has 0 aliphatic heterocycles. The van der Waals surface area contributed by atoms with E-state index in [1.807, 2.05) is 48.5 Å². The molecular weight excluding hydrogens is 276 g/mol. The lowest BCUT2D eigenvalue weighted by atomic mass is 10.0. The molecular formula is C19H20O3. The summed E-state index contributed by atoms with van der Waals surface area (Å²) in [5.74, 6) is 0.918. The molecule has 0 aliphatic rings. The van der Waals surface area contributed by atoms with Crippen LogP contribution in [0, 0.1) is 0 Å². The van der Waals surface area contributed by atoms with Crippen molar-refractivity contribution in [3.8, 4) is 0 Å². The zero-order valence-corrected chi connectivity index (χ0v) is 13.1. The molecule has 0 saturated heterocycles. The van der Waals surface area contributed by atoms with Gasteiger partial charge in [-0.3, -0.25) is 0 Å². The van der Waals surface area contributed by atoms with Crippen LogP contribution in [-0.4, -0.2) is 21.3 Å². The van der Waals surface area contributed by atoms with Crippen LogP contribution in [0.3, 0.4) is 0 Å². The van der Waals surface area contributed by atoms with Crippen LogP contribution >= 0.6 is 0 Å². The highest BCUT2D eigenvalue weighted by Crippen LogP contribution is 2.25. The number of methoxy groups -OCH3 is 3. The van der Waals surface area contributed by atoms with Crippen LogP contribution in [0.4, 0.5) is 0 Å². The van der Waals surface area contributed by atoms with Crippen molar-refractivity contribution in [3.05, 3.63) is 77.2 Å². The molecule has 0 heterocycles. The van der Waals surface area contributed by atoms with E-state index in [9.17, 15) is 0 Å². The molecule has 3 nitrogen and oxygen atoms in total. The van der Waals surface area contributed by atoms with Gasteiger partial charge in [0, 0.05) is 5.56 Å². The van der Waals surface area contributed by atoms with Crippen molar-refractivity contribution in [2.75, 3.05) is 21.3 Å². The van der Waals surface area contributed by atoms with Crippen molar-refractivity contribution in [2.24, 2.45) is 0 Å². The standard InChI is InChI=1S/C19H20O3/c1-20-18(19(21-2)22-3)17-12-8-7-11-16(17)14-13-15-9-5-4-6-10-15/h4-14H,1-3H3. The fraction of sp³-hybridized carbons (Fsp3) is 0.158. The number of hydrogen-bond donors (Lipinski definition) is 0. The third-order valence-electron chi connectivity index (χ3n) is 3.22. The van der Waals surface area contributed by atoms with Gasteiger partial charge in [0.25, 0.3) is 0 Å². The maximum atomic E-state index is 5.47. The Morgan fingerprint density at radius 3 is 2.00 bits per heavy atom. The predicted molar refractivity (Wildman–Crippen MR) is 89.8 cm³/mol. The molecule has 3 heteroatoms. The fourth-order valence-corrected chi connectivity index (χ4v) is 2.17. The van der Waals surface area contributed by atoms with Gasteiger partial charge < -0.3 is 14.2 Å². The molecule has 0 saturated carbocycles. The van der Waals surface area contributed by atoms with E-state index in [1.165, 1.54) is 0 Å². The smallest absolute Gasteiger partial charge is 0.323 e. The van der Waals surface area contributed by atoms with Gasteiger partial charge >= 0.3 is 5.95 Å². The second-order valence-electron chi connectivity index (χ2n) is 4.56. The molecule has 0 fully saturated rings. The first-order valence-corrected chi connectivity index (χ1v) is 6.99. The van der Waals surface area contributed by atoms with E-state index in [0.717, 1.165) is 16.7 Å². The zero-order valence-electron chi connectivity index (χ0n) is 13.1. The predicted octanol–water partition coefficient (Wildman–Crippen LogP) is 4.42.